The summed E-state index contributed by atoms with van der Waals surface area (Å²) >= 11 is 0. The highest BCUT2D eigenvalue weighted by Crippen LogP contribution is 2.32. The van der Waals surface area contributed by atoms with Gasteiger partial charge in [-0.3, -0.25) is 19.0 Å². The number of aromatic nitrogens is 4. The standard InChI is InChI=1S/C33H40N6O4/c1-24(2)28(25-7-5-4-6-8-25)20-31(41)38-16-12-33(43-3,13-17-38)21-39-23-35-29-19-26(9-10-27(29)32(39)42)36-30(40)11-15-37-18-14-34-22-37/h4-10,14,18-19,22-24,28H,11-13,15-17,20-21H2,1-3H3,(H,36,40)/t28-/m0/s1. The molecule has 1 aliphatic rings. The van der Waals surface area contributed by atoms with Crippen LogP contribution in [0, 0.1) is 5.92 Å². The summed E-state index contributed by atoms with van der Waals surface area (Å²) in [5.41, 5.74) is 1.55. The minimum absolute atomic E-state index is 0.131. The van der Waals surface area contributed by atoms with Crippen molar-refractivity contribution in [2.75, 3.05) is 25.5 Å². The molecule has 1 fully saturated rings. The van der Waals surface area contributed by atoms with E-state index in [0.29, 0.717) is 74.4 Å². The molecule has 0 spiro atoms. The number of nitrogens with one attached hydrogen (secondary N) is 1. The molecule has 1 aliphatic heterocycles. The molecule has 10 heteroatoms. The molecule has 2 aromatic carbocycles. The van der Waals surface area contributed by atoms with Crippen LogP contribution in [0.15, 0.2) is 78.4 Å². The Morgan fingerprint density at radius 1 is 1.07 bits per heavy atom. The summed E-state index contributed by atoms with van der Waals surface area (Å²) in [6.45, 7) is 6.35. The smallest absolute Gasteiger partial charge is 0.261 e. The average molecular weight is 585 g/mol. The van der Waals surface area contributed by atoms with Gasteiger partial charge in [0.2, 0.25) is 11.8 Å². The average Bonchev–Trinajstić information content (AvgIpc) is 3.55. The van der Waals surface area contributed by atoms with E-state index in [1.165, 1.54) is 5.56 Å². The lowest BCUT2D eigenvalue weighted by molar-refractivity contribution is -0.138. The largest absolute Gasteiger partial charge is 0.376 e. The van der Waals surface area contributed by atoms with E-state index < -0.39 is 5.60 Å². The van der Waals surface area contributed by atoms with Gasteiger partial charge in [-0.1, -0.05) is 44.2 Å². The molecule has 43 heavy (non-hydrogen) atoms. The summed E-state index contributed by atoms with van der Waals surface area (Å²) in [5.74, 6) is 0.539. The lowest BCUT2D eigenvalue weighted by Gasteiger charge is -2.41. The number of anilines is 1. The lowest BCUT2D eigenvalue weighted by atomic mass is 9.84. The Hall–Kier alpha value is -4.31. The van der Waals surface area contributed by atoms with Gasteiger partial charge in [-0.2, -0.15) is 0 Å². The van der Waals surface area contributed by atoms with Crippen LogP contribution in [0.25, 0.3) is 10.9 Å². The lowest BCUT2D eigenvalue weighted by Crippen LogP contribution is -2.51. The Morgan fingerprint density at radius 3 is 2.51 bits per heavy atom. The van der Waals surface area contributed by atoms with E-state index >= 15 is 0 Å². The predicted octanol–water partition coefficient (Wildman–Crippen LogP) is 4.46. The zero-order chi connectivity index (χ0) is 30.4. The molecule has 2 aromatic heterocycles. The summed E-state index contributed by atoms with van der Waals surface area (Å²) in [4.78, 5) is 49.6. The number of piperidine rings is 1. The number of nitrogens with zero attached hydrogens (tertiary/aromatic N) is 5. The fourth-order valence-corrected chi connectivity index (χ4v) is 5.88. The molecule has 2 amide bonds. The first-order chi connectivity index (χ1) is 20.8. The Balaban J connectivity index is 1.21. The second-order valence-electron chi connectivity index (χ2n) is 11.7. The number of benzene rings is 2. The van der Waals surface area contributed by atoms with Crippen molar-refractivity contribution in [1.82, 2.24) is 24.0 Å². The molecule has 0 unspecified atom stereocenters. The van der Waals surface area contributed by atoms with E-state index in [0.717, 1.165) is 0 Å². The van der Waals surface area contributed by atoms with Crippen molar-refractivity contribution in [2.24, 2.45) is 5.92 Å². The van der Waals surface area contributed by atoms with Crippen LogP contribution in [-0.2, 0) is 27.4 Å². The molecule has 0 aliphatic carbocycles. The first-order valence-corrected chi connectivity index (χ1v) is 14.9. The van der Waals surface area contributed by atoms with Crippen LogP contribution in [0.4, 0.5) is 5.69 Å². The first-order valence-electron chi connectivity index (χ1n) is 14.9. The maximum atomic E-state index is 13.4. The van der Waals surface area contributed by atoms with Gasteiger partial charge >= 0.3 is 0 Å². The van der Waals surface area contributed by atoms with Gasteiger partial charge in [-0.25, -0.2) is 9.97 Å². The normalized spacial score (nSPS) is 15.5. The molecule has 1 atom stereocenters. The summed E-state index contributed by atoms with van der Waals surface area (Å²) in [6, 6.07) is 15.4. The third-order valence-electron chi connectivity index (χ3n) is 8.61. The van der Waals surface area contributed by atoms with Crippen molar-refractivity contribution in [3.8, 4) is 0 Å². The Bertz CT molecular complexity index is 1590. The SMILES string of the molecule is COC1(Cn2cnc3cc(NC(=O)CCn4ccnc4)ccc3c2=O)CCN(C(=O)C[C@H](c2ccccc2)C(C)C)CC1. The molecule has 0 saturated carbocycles. The molecule has 1 saturated heterocycles. The van der Waals surface area contributed by atoms with Crippen LogP contribution in [0.5, 0.6) is 0 Å². The van der Waals surface area contributed by atoms with Crippen molar-refractivity contribution in [3.05, 3.63) is 89.5 Å². The zero-order valence-electron chi connectivity index (χ0n) is 25.1. The van der Waals surface area contributed by atoms with Crippen LogP contribution in [0.1, 0.15) is 51.0 Å². The van der Waals surface area contributed by atoms with Crippen molar-refractivity contribution >= 4 is 28.4 Å². The van der Waals surface area contributed by atoms with Crippen LogP contribution in [0.3, 0.4) is 0 Å². The molecular weight excluding hydrogens is 544 g/mol. The van der Waals surface area contributed by atoms with Gasteiger partial charge in [-0.15, -0.1) is 0 Å². The molecule has 0 radical (unpaired) electrons. The molecular formula is C33H40N6O4. The molecule has 4 aromatic rings. The molecule has 1 N–H and O–H groups in total. The highest BCUT2D eigenvalue weighted by Gasteiger charge is 2.37. The Morgan fingerprint density at radius 2 is 1.84 bits per heavy atom. The van der Waals surface area contributed by atoms with Gasteiger partial charge < -0.3 is 19.5 Å². The van der Waals surface area contributed by atoms with E-state index in [-0.39, 0.29) is 23.3 Å². The quantitative estimate of drug-likeness (QED) is 0.279. The number of hydrogen-bond acceptors (Lipinski definition) is 6. The highest BCUT2D eigenvalue weighted by molar-refractivity contribution is 5.93. The minimum Gasteiger partial charge on any atom is -0.376 e. The summed E-state index contributed by atoms with van der Waals surface area (Å²) in [7, 11) is 1.67. The number of likely N-dealkylation sites (tertiary alicyclic amines) is 1. The molecule has 10 nitrogen and oxygen atoms in total. The maximum absolute atomic E-state index is 13.4. The second kappa shape index (κ2) is 13.3. The van der Waals surface area contributed by atoms with E-state index in [1.54, 1.807) is 48.7 Å². The van der Waals surface area contributed by atoms with Gasteiger partial charge in [0.1, 0.15) is 0 Å². The van der Waals surface area contributed by atoms with Gasteiger partial charge in [-0.05, 0) is 48.4 Å². The topological polar surface area (TPSA) is 111 Å². The van der Waals surface area contributed by atoms with E-state index in [1.807, 2.05) is 33.9 Å². The number of rotatable bonds is 11. The number of aryl methyl sites for hydroxylation is 1. The monoisotopic (exact) mass is 584 g/mol. The molecule has 226 valence electrons. The fraction of sp³-hybridized carbons (Fsp3) is 0.424. The number of ether oxygens (including phenoxy) is 1. The van der Waals surface area contributed by atoms with Gasteiger partial charge in [0, 0.05) is 57.7 Å². The molecule has 5 rings (SSSR count). The van der Waals surface area contributed by atoms with E-state index in [4.69, 9.17) is 4.74 Å². The predicted molar refractivity (Wildman–Crippen MR) is 166 cm³/mol. The van der Waals surface area contributed by atoms with Crippen molar-refractivity contribution in [1.29, 1.82) is 0 Å². The van der Waals surface area contributed by atoms with E-state index in [2.05, 4.69) is 41.3 Å². The van der Waals surface area contributed by atoms with Crippen molar-refractivity contribution < 1.29 is 14.3 Å². The number of methoxy groups -OCH3 is 1. The fourth-order valence-electron chi connectivity index (χ4n) is 5.88. The van der Waals surface area contributed by atoms with Crippen LogP contribution < -0.4 is 10.9 Å². The third-order valence-corrected chi connectivity index (χ3v) is 8.61. The summed E-state index contributed by atoms with van der Waals surface area (Å²) in [6.07, 6.45) is 8.73. The van der Waals surface area contributed by atoms with Gasteiger partial charge in [0.15, 0.2) is 0 Å². The summed E-state index contributed by atoms with van der Waals surface area (Å²) < 4.78 is 9.43. The first kappa shape index (κ1) is 30.2. The maximum Gasteiger partial charge on any atom is 0.261 e. The highest BCUT2D eigenvalue weighted by atomic mass is 16.5. The van der Waals surface area contributed by atoms with Crippen LogP contribution in [0.2, 0.25) is 0 Å². The minimum atomic E-state index is -0.573. The zero-order valence-corrected chi connectivity index (χ0v) is 25.1. The Labute approximate surface area is 251 Å². The number of imidazole rings is 1. The second-order valence-corrected chi connectivity index (χ2v) is 11.7. The number of carbonyl (C=O) groups is 2. The number of carbonyl (C=O) groups excluding carboxylic acids is 2. The van der Waals surface area contributed by atoms with E-state index in [9.17, 15) is 14.4 Å². The van der Waals surface area contributed by atoms with Gasteiger partial charge in [0.05, 0.1) is 35.7 Å². The van der Waals surface area contributed by atoms with Crippen LogP contribution in [-0.4, -0.2) is 61.6 Å². The number of hydrogen-bond donors (Lipinski definition) is 1. The van der Waals surface area contributed by atoms with Crippen molar-refractivity contribution in [2.45, 2.75) is 64.1 Å². The van der Waals surface area contributed by atoms with Crippen molar-refractivity contribution in [3.63, 3.8) is 0 Å². The summed E-state index contributed by atoms with van der Waals surface area (Å²) in [5, 5.41) is 3.35. The third kappa shape index (κ3) is 7.19. The molecule has 3 heterocycles. The Kier molecular flexibility index (Phi) is 9.35. The number of fused-ring (bicyclic) bond motifs is 1. The van der Waals surface area contributed by atoms with Crippen LogP contribution >= 0.6 is 0 Å². The van der Waals surface area contributed by atoms with Gasteiger partial charge in [0.25, 0.3) is 5.56 Å². The number of amides is 2. The molecule has 0 bridgehead atoms.